The predicted octanol–water partition coefficient (Wildman–Crippen LogP) is -1.50. The molecule has 2 fully saturated rings. The fourth-order valence-electron chi connectivity index (χ4n) is 1.61. The molecule has 3 N–H and O–H groups in total. The zero-order chi connectivity index (χ0) is 6.97. The summed E-state index contributed by atoms with van der Waals surface area (Å²) in [7, 11) is -0.646. The number of rotatable bonds is 0. The molecule has 5 heteroatoms. The van der Waals surface area contributed by atoms with E-state index in [4.69, 9.17) is 0 Å². The summed E-state index contributed by atoms with van der Waals surface area (Å²) in [5.74, 6) is 0.881. The van der Waals surface area contributed by atoms with E-state index in [0.717, 1.165) is 31.8 Å². The first-order valence-corrected chi connectivity index (χ1v) is 5.01. The van der Waals surface area contributed by atoms with Gasteiger partial charge in [0.05, 0.1) is 11.0 Å². The average molecular weight is 178 g/mol. The van der Waals surface area contributed by atoms with E-state index in [1.54, 1.807) is 0 Å². The van der Waals surface area contributed by atoms with Gasteiger partial charge >= 0.3 is 0 Å². The van der Waals surface area contributed by atoms with Crippen molar-refractivity contribution in [1.82, 2.24) is 9.62 Å². The van der Waals surface area contributed by atoms with Crippen molar-refractivity contribution in [3.8, 4) is 0 Å². The average Bonchev–Trinajstić information content (AvgIpc) is 2.34. The van der Waals surface area contributed by atoms with Gasteiger partial charge in [0, 0.05) is 31.4 Å². The molecule has 0 aromatic carbocycles. The monoisotopic (exact) mass is 178 g/mol. The molecule has 0 saturated carbocycles. The molecule has 2 unspecified atom stereocenters. The van der Waals surface area contributed by atoms with Crippen LogP contribution in [-0.2, 0) is 11.0 Å². The smallest absolute Gasteiger partial charge is 0.0946 e. The van der Waals surface area contributed by atoms with E-state index in [1.807, 2.05) is 0 Å². The van der Waals surface area contributed by atoms with Gasteiger partial charge in [-0.3, -0.25) is 0 Å². The predicted molar refractivity (Wildman–Crippen MR) is 44.6 cm³/mol. The summed E-state index contributed by atoms with van der Waals surface area (Å²) < 4.78 is 13.3. The molecule has 2 saturated heterocycles. The van der Waals surface area contributed by atoms with E-state index in [9.17, 15) is 4.21 Å². The summed E-state index contributed by atoms with van der Waals surface area (Å²) in [6.07, 6.45) is 1.11. The Morgan fingerprint density at radius 3 is 3.09 bits per heavy atom. The SMILES string of the molecule is O.O=S1CCC2CNCCN21. The van der Waals surface area contributed by atoms with Crippen LogP contribution in [-0.4, -0.2) is 45.4 Å². The first-order valence-electron chi connectivity index (χ1n) is 3.74. The Kier molecular flexibility index (Phi) is 3.00. The van der Waals surface area contributed by atoms with Crippen molar-refractivity contribution < 1.29 is 9.69 Å². The first-order chi connectivity index (χ1) is 4.88. The van der Waals surface area contributed by atoms with Gasteiger partial charge in [-0.05, 0) is 6.42 Å². The topological polar surface area (TPSA) is 63.8 Å². The maximum absolute atomic E-state index is 11.2. The van der Waals surface area contributed by atoms with Gasteiger partial charge in [0.2, 0.25) is 0 Å². The number of fused-ring (bicyclic) bond motifs is 1. The molecule has 66 valence electrons. The Hall–Kier alpha value is 0.0300. The Balaban J connectivity index is 0.000000605. The molecule has 0 radical (unpaired) electrons. The molecule has 0 spiro atoms. The van der Waals surface area contributed by atoms with Gasteiger partial charge < -0.3 is 10.8 Å². The van der Waals surface area contributed by atoms with Gasteiger partial charge in [-0.2, -0.15) is 0 Å². The number of hydrogen-bond donors (Lipinski definition) is 1. The summed E-state index contributed by atoms with van der Waals surface area (Å²) in [5.41, 5.74) is 0. The highest BCUT2D eigenvalue weighted by Gasteiger charge is 2.32. The van der Waals surface area contributed by atoms with E-state index in [-0.39, 0.29) is 5.48 Å². The third-order valence-corrected chi connectivity index (χ3v) is 3.77. The standard InChI is InChI=1S/C6H12N2OS.H2O/c9-10-4-1-6-5-7-2-3-8(6)10;/h6-7H,1-5H2;1H2. The number of hydrogen-bond acceptors (Lipinski definition) is 2. The molecule has 2 rings (SSSR count). The van der Waals surface area contributed by atoms with E-state index < -0.39 is 11.0 Å². The van der Waals surface area contributed by atoms with Crippen molar-refractivity contribution in [2.75, 3.05) is 25.4 Å². The maximum Gasteiger partial charge on any atom is 0.0946 e. The molecule has 2 aliphatic rings. The lowest BCUT2D eigenvalue weighted by Gasteiger charge is -2.27. The summed E-state index contributed by atoms with van der Waals surface area (Å²) in [6.45, 7) is 3.01. The minimum atomic E-state index is -0.646. The van der Waals surface area contributed by atoms with Crippen LogP contribution in [0.15, 0.2) is 0 Å². The van der Waals surface area contributed by atoms with Crippen LogP contribution in [0.5, 0.6) is 0 Å². The highest BCUT2D eigenvalue weighted by atomic mass is 32.2. The van der Waals surface area contributed by atoms with E-state index >= 15 is 0 Å². The molecule has 0 amide bonds. The van der Waals surface area contributed by atoms with Gasteiger partial charge in [-0.1, -0.05) is 0 Å². The molecule has 2 atom stereocenters. The van der Waals surface area contributed by atoms with Crippen molar-refractivity contribution >= 4 is 11.0 Å². The van der Waals surface area contributed by atoms with E-state index in [1.165, 1.54) is 0 Å². The minimum absolute atomic E-state index is 0. The zero-order valence-electron chi connectivity index (χ0n) is 6.38. The van der Waals surface area contributed by atoms with Crippen LogP contribution in [0.2, 0.25) is 0 Å². The Labute approximate surface area is 68.9 Å². The van der Waals surface area contributed by atoms with Crippen LogP contribution in [0.3, 0.4) is 0 Å². The van der Waals surface area contributed by atoms with Crippen LogP contribution >= 0.6 is 0 Å². The lowest BCUT2D eigenvalue weighted by molar-refractivity contribution is 0.296. The number of nitrogens with zero attached hydrogens (tertiary/aromatic N) is 1. The highest BCUT2D eigenvalue weighted by molar-refractivity contribution is 7.82. The lowest BCUT2D eigenvalue weighted by Crippen LogP contribution is -2.47. The molecule has 2 heterocycles. The van der Waals surface area contributed by atoms with Gasteiger partial charge in [0.1, 0.15) is 0 Å². The largest absolute Gasteiger partial charge is 0.412 e. The summed E-state index contributed by atoms with van der Waals surface area (Å²) in [6, 6.07) is 0.564. The van der Waals surface area contributed by atoms with Crippen LogP contribution in [0, 0.1) is 0 Å². The lowest BCUT2D eigenvalue weighted by atomic mass is 10.2. The van der Waals surface area contributed by atoms with Crippen molar-refractivity contribution in [2.45, 2.75) is 12.5 Å². The zero-order valence-corrected chi connectivity index (χ0v) is 7.19. The molecular formula is C6H14N2O2S. The fourth-order valence-corrected chi connectivity index (χ4v) is 3.13. The van der Waals surface area contributed by atoms with E-state index in [2.05, 4.69) is 9.62 Å². The normalized spacial score (nSPS) is 37.8. The van der Waals surface area contributed by atoms with Gasteiger partial charge in [-0.25, -0.2) is 8.51 Å². The third kappa shape index (κ3) is 1.61. The number of nitrogens with one attached hydrogen (secondary N) is 1. The molecule has 0 aliphatic carbocycles. The van der Waals surface area contributed by atoms with Gasteiger partial charge in [-0.15, -0.1) is 0 Å². The molecule has 0 aromatic heterocycles. The Bertz CT molecular complexity index is 165. The molecule has 0 bridgehead atoms. The van der Waals surface area contributed by atoms with E-state index in [0.29, 0.717) is 6.04 Å². The third-order valence-electron chi connectivity index (χ3n) is 2.18. The van der Waals surface area contributed by atoms with Crippen molar-refractivity contribution in [1.29, 1.82) is 0 Å². The maximum atomic E-state index is 11.2. The van der Waals surface area contributed by atoms with Crippen molar-refractivity contribution in [2.24, 2.45) is 0 Å². The number of piperazine rings is 1. The summed E-state index contributed by atoms with van der Waals surface area (Å²) >= 11 is 0. The van der Waals surface area contributed by atoms with Crippen LogP contribution < -0.4 is 5.32 Å². The van der Waals surface area contributed by atoms with Crippen molar-refractivity contribution in [3.63, 3.8) is 0 Å². The summed E-state index contributed by atoms with van der Waals surface area (Å²) in [4.78, 5) is 0. The van der Waals surface area contributed by atoms with Crippen LogP contribution in [0.25, 0.3) is 0 Å². The molecule has 2 aliphatic heterocycles. The highest BCUT2D eigenvalue weighted by Crippen LogP contribution is 2.18. The second-order valence-corrected chi connectivity index (χ2v) is 4.33. The van der Waals surface area contributed by atoms with Crippen molar-refractivity contribution in [3.05, 3.63) is 0 Å². The Morgan fingerprint density at radius 2 is 2.36 bits per heavy atom. The van der Waals surface area contributed by atoms with Gasteiger partial charge in [0.25, 0.3) is 0 Å². The van der Waals surface area contributed by atoms with Crippen LogP contribution in [0.1, 0.15) is 6.42 Å². The Morgan fingerprint density at radius 1 is 1.55 bits per heavy atom. The molecule has 0 aromatic rings. The first kappa shape index (κ1) is 9.12. The second kappa shape index (κ2) is 3.62. The fraction of sp³-hybridized carbons (Fsp3) is 1.00. The minimum Gasteiger partial charge on any atom is -0.412 e. The summed E-state index contributed by atoms with van der Waals surface area (Å²) in [5, 5.41) is 3.30. The second-order valence-electron chi connectivity index (χ2n) is 2.81. The molecule has 4 nitrogen and oxygen atoms in total. The quantitative estimate of drug-likeness (QED) is 0.491. The van der Waals surface area contributed by atoms with Gasteiger partial charge in [0.15, 0.2) is 0 Å². The molecule has 11 heavy (non-hydrogen) atoms. The molecular weight excluding hydrogens is 164 g/mol. The van der Waals surface area contributed by atoms with Crippen LogP contribution in [0.4, 0.5) is 0 Å².